The number of hydrogen-bond acceptors (Lipinski definition) is 4. The number of amides is 2. The molecule has 1 aromatic rings. The minimum absolute atomic E-state index is 0.0554. The molecule has 0 bridgehead atoms. The number of hydrogen-bond donors (Lipinski definition) is 1. The van der Waals surface area contributed by atoms with Crippen molar-refractivity contribution in [2.24, 2.45) is 0 Å². The van der Waals surface area contributed by atoms with Gasteiger partial charge in [-0.3, -0.25) is 14.5 Å². The number of carbonyl (C=O) groups excluding carboxylic acids is 2. The maximum atomic E-state index is 12.3. The number of aryl methyl sites for hydroxylation is 1. The third-order valence-electron chi connectivity index (χ3n) is 3.90. The molecule has 1 saturated heterocycles. The first kappa shape index (κ1) is 17.5. The van der Waals surface area contributed by atoms with Gasteiger partial charge in [-0.05, 0) is 35.2 Å². The summed E-state index contributed by atoms with van der Waals surface area (Å²) in [6.07, 6.45) is 7.38. The number of carbonyl (C=O) groups is 2. The molecule has 0 unspecified atom stereocenters. The van der Waals surface area contributed by atoms with Crippen molar-refractivity contribution in [1.82, 2.24) is 15.1 Å². The molecule has 6 heteroatoms. The minimum Gasteiger partial charge on any atom is -0.344 e. The van der Waals surface area contributed by atoms with Gasteiger partial charge in [0.2, 0.25) is 11.8 Å². The normalized spacial score (nSPS) is 15.7. The Bertz CT molecular complexity index is 551. The van der Waals surface area contributed by atoms with Gasteiger partial charge >= 0.3 is 0 Å². The zero-order valence-corrected chi connectivity index (χ0v) is 14.1. The van der Waals surface area contributed by atoms with Crippen LogP contribution in [0.25, 0.3) is 0 Å². The van der Waals surface area contributed by atoms with E-state index in [0.29, 0.717) is 19.5 Å². The van der Waals surface area contributed by atoms with Crippen LogP contribution in [0, 0.1) is 12.3 Å². The molecular formula is C17H23N3O2S. The molecule has 0 radical (unpaired) electrons. The van der Waals surface area contributed by atoms with E-state index < -0.39 is 0 Å². The summed E-state index contributed by atoms with van der Waals surface area (Å²) >= 11 is 1.66. The van der Waals surface area contributed by atoms with Crippen LogP contribution < -0.4 is 5.32 Å². The van der Waals surface area contributed by atoms with Gasteiger partial charge in [0, 0.05) is 32.6 Å². The highest BCUT2D eigenvalue weighted by Crippen LogP contribution is 2.11. The lowest BCUT2D eigenvalue weighted by molar-refractivity contribution is -0.131. The Morgan fingerprint density at radius 3 is 2.91 bits per heavy atom. The molecule has 1 N–H and O–H groups in total. The standard InChI is InChI=1S/C17H23N3O2S/c1-2-7-18-16(21)13-19-8-3-9-20(11-10-19)17(22)5-4-15-6-12-23-14-15/h1,6,12,14H,3-5,7-11,13H2,(H,18,21). The first-order valence-electron chi connectivity index (χ1n) is 7.90. The number of nitrogens with one attached hydrogen (secondary N) is 1. The molecule has 2 heterocycles. The zero-order chi connectivity index (χ0) is 16.5. The van der Waals surface area contributed by atoms with E-state index in [4.69, 9.17) is 6.42 Å². The molecular weight excluding hydrogens is 310 g/mol. The van der Waals surface area contributed by atoms with Gasteiger partial charge < -0.3 is 10.2 Å². The van der Waals surface area contributed by atoms with E-state index in [1.165, 1.54) is 5.56 Å². The van der Waals surface area contributed by atoms with E-state index in [1.807, 2.05) is 10.3 Å². The van der Waals surface area contributed by atoms with Crippen LogP contribution in [-0.2, 0) is 16.0 Å². The number of nitrogens with zero attached hydrogens (tertiary/aromatic N) is 2. The summed E-state index contributed by atoms with van der Waals surface area (Å²) < 4.78 is 0. The molecule has 0 aromatic carbocycles. The highest BCUT2D eigenvalue weighted by molar-refractivity contribution is 7.07. The first-order valence-corrected chi connectivity index (χ1v) is 8.84. The molecule has 0 aliphatic carbocycles. The lowest BCUT2D eigenvalue weighted by atomic mass is 10.2. The monoisotopic (exact) mass is 333 g/mol. The first-order chi connectivity index (χ1) is 11.2. The van der Waals surface area contributed by atoms with Gasteiger partial charge in [-0.2, -0.15) is 11.3 Å². The quantitative estimate of drug-likeness (QED) is 0.789. The number of rotatable bonds is 6. The summed E-state index contributed by atoms with van der Waals surface area (Å²) in [5.74, 6) is 2.54. The van der Waals surface area contributed by atoms with Gasteiger partial charge in [-0.15, -0.1) is 6.42 Å². The Morgan fingerprint density at radius 1 is 1.30 bits per heavy atom. The third kappa shape index (κ3) is 6.05. The van der Waals surface area contributed by atoms with Crippen molar-refractivity contribution in [3.8, 4) is 12.3 Å². The summed E-state index contributed by atoms with van der Waals surface area (Å²) in [6.45, 7) is 3.62. The SMILES string of the molecule is C#CCNC(=O)CN1CCCN(C(=O)CCc2ccsc2)CC1. The Balaban J connectivity index is 1.73. The van der Waals surface area contributed by atoms with Crippen molar-refractivity contribution in [3.63, 3.8) is 0 Å². The maximum absolute atomic E-state index is 12.3. The van der Waals surface area contributed by atoms with Gasteiger partial charge in [0.05, 0.1) is 13.1 Å². The summed E-state index contributed by atoms with van der Waals surface area (Å²) in [6, 6.07) is 2.07. The van der Waals surface area contributed by atoms with Gasteiger partial charge in [-0.1, -0.05) is 5.92 Å². The number of terminal acetylenes is 1. The Hall–Kier alpha value is -1.84. The van der Waals surface area contributed by atoms with Crippen molar-refractivity contribution in [2.75, 3.05) is 39.3 Å². The van der Waals surface area contributed by atoms with Crippen LogP contribution >= 0.6 is 11.3 Å². The predicted octanol–water partition coefficient (Wildman–Crippen LogP) is 0.964. The molecule has 2 rings (SSSR count). The van der Waals surface area contributed by atoms with Crippen molar-refractivity contribution >= 4 is 23.2 Å². The van der Waals surface area contributed by atoms with Gasteiger partial charge in [0.15, 0.2) is 0 Å². The summed E-state index contributed by atoms with van der Waals surface area (Å²) in [5.41, 5.74) is 1.23. The predicted molar refractivity (Wildman–Crippen MR) is 92.1 cm³/mol. The average Bonchev–Trinajstić information content (AvgIpc) is 2.96. The molecule has 0 atom stereocenters. The van der Waals surface area contributed by atoms with Crippen LogP contribution in [0.4, 0.5) is 0 Å². The molecule has 1 aliphatic rings. The van der Waals surface area contributed by atoms with Gasteiger partial charge in [0.25, 0.3) is 0 Å². The van der Waals surface area contributed by atoms with Crippen LogP contribution in [0.3, 0.4) is 0 Å². The molecule has 2 amide bonds. The third-order valence-corrected chi connectivity index (χ3v) is 4.64. The minimum atomic E-state index is -0.0554. The van der Waals surface area contributed by atoms with E-state index in [-0.39, 0.29) is 18.4 Å². The van der Waals surface area contributed by atoms with E-state index >= 15 is 0 Å². The Morgan fingerprint density at radius 2 is 2.17 bits per heavy atom. The topological polar surface area (TPSA) is 52.7 Å². The maximum Gasteiger partial charge on any atom is 0.234 e. The second-order valence-corrected chi connectivity index (χ2v) is 6.40. The van der Waals surface area contributed by atoms with Crippen LogP contribution in [0.1, 0.15) is 18.4 Å². The Kier molecular flexibility index (Phi) is 7.11. The second kappa shape index (κ2) is 9.33. The second-order valence-electron chi connectivity index (χ2n) is 5.62. The van der Waals surface area contributed by atoms with Crippen molar-refractivity contribution in [2.45, 2.75) is 19.3 Å². The summed E-state index contributed by atoms with van der Waals surface area (Å²) in [4.78, 5) is 28.0. The average molecular weight is 333 g/mol. The molecule has 5 nitrogen and oxygen atoms in total. The Labute approximate surface area is 141 Å². The smallest absolute Gasteiger partial charge is 0.234 e. The highest BCUT2D eigenvalue weighted by atomic mass is 32.1. The van der Waals surface area contributed by atoms with E-state index in [1.54, 1.807) is 11.3 Å². The molecule has 1 aromatic heterocycles. The highest BCUT2D eigenvalue weighted by Gasteiger charge is 2.20. The summed E-state index contributed by atoms with van der Waals surface area (Å²) in [5, 5.41) is 6.80. The van der Waals surface area contributed by atoms with Gasteiger partial charge in [-0.25, -0.2) is 0 Å². The van der Waals surface area contributed by atoms with Crippen molar-refractivity contribution in [3.05, 3.63) is 22.4 Å². The molecule has 0 spiro atoms. The number of thiophene rings is 1. The van der Waals surface area contributed by atoms with Crippen LogP contribution in [0.2, 0.25) is 0 Å². The largest absolute Gasteiger partial charge is 0.344 e. The molecule has 124 valence electrons. The van der Waals surface area contributed by atoms with Crippen LogP contribution in [0.5, 0.6) is 0 Å². The lowest BCUT2D eigenvalue weighted by Crippen LogP contribution is -2.40. The van der Waals surface area contributed by atoms with Crippen molar-refractivity contribution in [1.29, 1.82) is 0 Å². The van der Waals surface area contributed by atoms with E-state index in [0.717, 1.165) is 32.5 Å². The van der Waals surface area contributed by atoms with Crippen LogP contribution in [0.15, 0.2) is 16.8 Å². The van der Waals surface area contributed by atoms with Gasteiger partial charge in [0.1, 0.15) is 0 Å². The lowest BCUT2D eigenvalue weighted by Gasteiger charge is -2.21. The zero-order valence-electron chi connectivity index (χ0n) is 13.3. The van der Waals surface area contributed by atoms with Crippen molar-refractivity contribution < 1.29 is 9.59 Å². The van der Waals surface area contributed by atoms with Crippen LogP contribution in [-0.4, -0.2) is 60.9 Å². The molecule has 1 fully saturated rings. The molecule has 23 heavy (non-hydrogen) atoms. The fourth-order valence-electron chi connectivity index (χ4n) is 2.63. The summed E-state index contributed by atoms with van der Waals surface area (Å²) in [7, 11) is 0. The molecule has 1 aliphatic heterocycles. The fraction of sp³-hybridized carbons (Fsp3) is 0.529. The van der Waals surface area contributed by atoms with E-state index in [2.05, 4.69) is 27.6 Å². The van der Waals surface area contributed by atoms with E-state index in [9.17, 15) is 9.59 Å². The molecule has 0 saturated carbocycles. The fourth-order valence-corrected chi connectivity index (χ4v) is 3.33.